The molecule has 0 spiro atoms. The number of anilines is 1. The Morgan fingerprint density at radius 2 is 1.87 bits per heavy atom. The van der Waals surface area contributed by atoms with Crippen molar-refractivity contribution in [3.63, 3.8) is 0 Å². The number of esters is 1. The number of halogens is 2. The summed E-state index contributed by atoms with van der Waals surface area (Å²) < 4.78 is 4.68. The van der Waals surface area contributed by atoms with E-state index in [9.17, 15) is 19.2 Å². The molecular formula is C20H17Cl2N3O5. The Morgan fingerprint density at radius 1 is 1.17 bits per heavy atom. The number of methoxy groups -OCH3 is 1. The molecule has 1 saturated heterocycles. The third kappa shape index (κ3) is 3.96. The molecule has 2 aromatic rings. The zero-order chi connectivity index (χ0) is 22.1. The number of ether oxygens (including phenoxy) is 1. The van der Waals surface area contributed by atoms with Crippen molar-refractivity contribution in [1.29, 1.82) is 0 Å². The maximum Gasteiger partial charge on any atom is 0.339 e. The smallest absolute Gasteiger partial charge is 0.339 e. The van der Waals surface area contributed by atoms with Crippen LogP contribution in [0, 0.1) is 0 Å². The minimum absolute atomic E-state index is 0.142. The molecule has 1 heterocycles. The lowest BCUT2D eigenvalue weighted by Crippen LogP contribution is -2.42. The molecule has 30 heavy (non-hydrogen) atoms. The fourth-order valence-electron chi connectivity index (χ4n) is 3.13. The second-order valence-electron chi connectivity index (χ2n) is 6.66. The van der Waals surface area contributed by atoms with E-state index in [1.807, 2.05) is 0 Å². The van der Waals surface area contributed by atoms with Crippen LogP contribution in [0.5, 0.6) is 0 Å². The summed E-state index contributed by atoms with van der Waals surface area (Å²) >= 11 is 12.1. The molecule has 0 aromatic heterocycles. The van der Waals surface area contributed by atoms with E-state index >= 15 is 0 Å². The van der Waals surface area contributed by atoms with Gasteiger partial charge in [-0.2, -0.15) is 0 Å². The van der Waals surface area contributed by atoms with Gasteiger partial charge in [0.15, 0.2) is 0 Å². The topological polar surface area (TPSA) is 105 Å². The molecule has 3 rings (SSSR count). The Balaban J connectivity index is 1.79. The quantitative estimate of drug-likeness (QED) is 0.538. The van der Waals surface area contributed by atoms with E-state index in [1.54, 1.807) is 24.3 Å². The van der Waals surface area contributed by atoms with Crippen LogP contribution in [0.3, 0.4) is 0 Å². The highest BCUT2D eigenvalue weighted by atomic mass is 35.5. The lowest BCUT2D eigenvalue weighted by Gasteiger charge is -2.23. The number of benzene rings is 2. The second kappa shape index (κ2) is 8.33. The Kier molecular flexibility index (Phi) is 6.00. The van der Waals surface area contributed by atoms with E-state index in [4.69, 9.17) is 23.2 Å². The third-order valence-corrected chi connectivity index (χ3v) is 5.20. The molecule has 0 saturated carbocycles. The molecule has 0 aliphatic carbocycles. The molecule has 10 heteroatoms. The molecule has 8 nitrogen and oxygen atoms in total. The van der Waals surface area contributed by atoms with Crippen LogP contribution >= 0.6 is 23.2 Å². The van der Waals surface area contributed by atoms with Crippen molar-refractivity contribution < 1.29 is 23.9 Å². The third-order valence-electron chi connectivity index (χ3n) is 4.65. The SMILES string of the molecule is COC(=O)c1ccccc1NC(=O)CN1C(=O)N[C@](C)(c2ccc(Cl)cc2Cl)C1=O. The summed E-state index contributed by atoms with van der Waals surface area (Å²) in [5.74, 6) is -1.94. The molecule has 156 valence electrons. The average Bonchev–Trinajstić information content (AvgIpc) is 2.91. The lowest BCUT2D eigenvalue weighted by molar-refractivity contribution is -0.133. The van der Waals surface area contributed by atoms with Gasteiger partial charge in [0.25, 0.3) is 5.91 Å². The summed E-state index contributed by atoms with van der Waals surface area (Å²) in [6, 6.07) is 10.0. The molecule has 2 aromatic carbocycles. The van der Waals surface area contributed by atoms with Crippen molar-refractivity contribution in [2.45, 2.75) is 12.5 Å². The van der Waals surface area contributed by atoms with Crippen molar-refractivity contribution >= 4 is 52.7 Å². The van der Waals surface area contributed by atoms with Crippen LogP contribution in [-0.2, 0) is 19.9 Å². The van der Waals surface area contributed by atoms with Gasteiger partial charge >= 0.3 is 12.0 Å². The summed E-state index contributed by atoms with van der Waals surface area (Å²) in [5.41, 5.74) is -0.762. The number of carbonyl (C=O) groups excluding carboxylic acids is 4. The first-order valence-electron chi connectivity index (χ1n) is 8.74. The predicted molar refractivity (Wildman–Crippen MR) is 110 cm³/mol. The van der Waals surface area contributed by atoms with E-state index in [0.717, 1.165) is 4.90 Å². The number of amides is 4. The zero-order valence-corrected chi connectivity index (χ0v) is 17.5. The maximum absolute atomic E-state index is 13.0. The summed E-state index contributed by atoms with van der Waals surface area (Å²) in [7, 11) is 1.22. The molecular weight excluding hydrogens is 433 g/mol. The van der Waals surface area contributed by atoms with Crippen LogP contribution in [0.15, 0.2) is 42.5 Å². The Bertz CT molecular complexity index is 1060. The molecule has 4 amide bonds. The van der Waals surface area contributed by atoms with Crippen molar-refractivity contribution in [3.05, 3.63) is 63.6 Å². The highest BCUT2D eigenvalue weighted by Gasteiger charge is 2.50. The van der Waals surface area contributed by atoms with Crippen molar-refractivity contribution in [2.24, 2.45) is 0 Å². The summed E-state index contributed by atoms with van der Waals surface area (Å²) in [6.07, 6.45) is 0. The largest absolute Gasteiger partial charge is 0.465 e. The van der Waals surface area contributed by atoms with Gasteiger partial charge in [0, 0.05) is 15.6 Å². The first-order chi connectivity index (χ1) is 14.2. The van der Waals surface area contributed by atoms with E-state index in [0.29, 0.717) is 10.6 Å². The fourth-order valence-corrected chi connectivity index (χ4v) is 3.73. The first kappa shape index (κ1) is 21.6. The number of nitrogens with zero attached hydrogens (tertiary/aromatic N) is 1. The number of rotatable bonds is 5. The molecule has 1 fully saturated rings. The number of para-hydroxylation sites is 1. The van der Waals surface area contributed by atoms with Gasteiger partial charge in [-0.05, 0) is 31.2 Å². The van der Waals surface area contributed by atoms with Crippen molar-refractivity contribution in [1.82, 2.24) is 10.2 Å². The van der Waals surface area contributed by atoms with Gasteiger partial charge in [0.2, 0.25) is 5.91 Å². The number of hydrogen-bond donors (Lipinski definition) is 2. The normalized spacial score (nSPS) is 18.2. The fraction of sp³-hybridized carbons (Fsp3) is 0.200. The van der Waals surface area contributed by atoms with Gasteiger partial charge in [0.1, 0.15) is 12.1 Å². The van der Waals surface area contributed by atoms with Crippen LogP contribution in [0.1, 0.15) is 22.8 Å². The van der Waals surface area contributed by atoms with Gasteiger partial charge in [0.05, 0.1) is 18.4 Å². The molecule has 2 N–H and O–H groups in total. The first-order valence-corrected chi connectivity index (χ1v) is 9.50. The van der Waals surface area contributed by atoms with Gasteiger partial charge in [-0.1, -0.05) is 41.4 Å². The molecule has 1 atom stereocenters. The molecule has 1 aliphatic rings. The molecule has 0 unspecified atom stereocenters. The predicted octanol–water partition coefficient (Wildman–Crippen LogP) is 3.19. The van der Waals surface area contributed by atoms with Crippen LogP contribution in [-0.4, -0.2) is 42.4 Å². The molecule has 1 aliphatic heterocycles. The second-order valence-corrected chi connectivity index (χ2v) is 7.50. The van der Waals surface area contributed by atoms with Gasteiger partial charge < -0.3 is 15.4 Å². The van der Waals surface area contributed by atoms with Gasteiger partial charge in [-0.25, -0.2) is 9.59 Å². The van der Waals surface area contributed by atoms with E-state index in [1.165, 1.54) is 32.2 Å². The monoisotopic (exact) mass is 449 g/mol. The van der Waals surface area contributed by atoms with Crippen LogP contribution in [0.25, 0.3) is 0 Å². The van der Waals surface area contributed by atoms with Gasteiger partial charge in [-0.3, -0.25) is 14.5 Å². The van der Waals surface area contributed by atoms with E-state index < -0.39 is 35.9 Å². The lowest BCUT2D eigenvalue weighted by atomic mass is 9.92. The number of imide groups is 1. The standard InChI is InChI=1S/C20H17Cl2N3O5/c1-20(13-8-7-11(21)9-14(13)22)18(28)25(19(29)24-20)10-16(26)23-15-6-4-3-5-12(15)17(27)30-2/h3-9H,10H2,1-2H3,(H,23,26)(H,24,29)/t20-/m1/s1. The number of nitrogens with one attached hydrogen (secondary N) is 2. The van der Waals surface area contributed by atoms with E-state index in [-0.39, 0.29) is 16.3 Å². The number of carbonyl (C=O) groups is 4. The van der Waals surface area contributed by atoms with Crippen LogP contribution in [0.2, 0.25) is 10.0 Å². The zero-order valence-electron chi connectivity index (χ0n) is 16.0. The summed E-state index contributed by atoms with van der Waals surface area (Å²) in [5, 5.41) is 5.68. The number of urea groups is 1. The van der Waals surface area contributed by atoms with Crippen LogP contribution < -0.4 is 10.6 Å². The minimum Gasteiger partial charge on any atom is -0.465 e. The Labute approximate surface area is 182 Å². The van der Waals surface area contributed by atoms with E-state index in [2.05, 4.69) is 15.4 Å². The molecule has 0 bridgehead atoms. The molecule has 0 radical (unpaired) electrons. The number of hydrogen-bond acceptors (Lipinski definition) is 5. The van der Waals surface area contributed by atoms with Crippen LogP contribution in [0.4, 0.5) is 10.5 Å². The minimum atomic E-state index is -1.46. The maximum atomic E-state index is 13.0. The summed E-state index contributed by atoms with van der Waals surface area (Å²) in [6.45, 7) is 0.938. The highest BCUT2D eigenvalue weighted by Crippen LogP contribution is 2.35. The highest BCUT2D eigenvalue weighted by molar-refractivity contribution is 6.35. The Hall–Kier alpha value is -3.10. The summed E-state index contributed by atoms with van der Waals surface area (Å²) in [4.78, 5) is 50.5. The Morgan fingerprint density at radius 3 is 2.53 bits per heavy atom. The van der Waals surface area contributed by atoms with Gasteiger partial charge in [-0.15, -0.1) is 0 Å². The van der Waals surface area contributed by atoms with Crippen molar-refractivity contribution in [3.8, 4) is 0 Å². The average molecular weight is 450 g/mol. The van der Waals surface area contributed by atoms with Crippen molar-refractivity contribution in [2.75, 3.05) is 19.0 Å².